The van der Waals surface area contributed by atoms with Crippen LogP contribution in [-0.2, 0) is 0 Å². The number of hydrogen-bond acceptors (Lipinski definition) is 1. The van der Waals surface area contributed by atoms with E-state index < -0.39 is 5.82 Å². The summed E-state index contributed by atoms with van der Waals surface area (Å²) in [4.78, 5) is 11.5. The topological polar surface area (TPSA) is 29.1 Å². The van der Waals surface area contributed by atoms with Gasteiger partial charge < -0.3 is 5.32 Å². The Hall–Kier alpha value is -1.35. The molecular formula is C11H11ClFNO. The highest BCUT2D eigenvalue weighted by atomic mass is 35.5. The molecule has 4 heteroatoms. The molecule has 80 valence electrons. The summed E-state index contributed by atoms with van der Waals surface area (Å²) in [6.07, 6.45) is 0. The van der Waals surface area contributed by atoms with Gasteiger partial charge in [0.15, 0.2) is 0 Å². The summed E-state index contributed by atoms with van der Waals surface area (Å²) in [6, 6.07) is 3.93. The van der Waals surface area contributed by atoms with Crippen LogP contribution in [0.4, 0.5) is 4.39 Å². The Morgan fingerprint density at radius 2 is 2.27 bits per heavy atom. The third-order valence-electron chi connectivity index (χ3n) is 1.73. The lowest BCUT2D eigenvalue weighted by Crippen LogP contribution is -2.24. The monoisotopic (exact) mass is 227 g/mol. The lowest BCUT2D eigenvalue weighted by atomic mass is 10.2. The Morgan fingerprint density at radius 3 is 2.80 bits per heavy atom. The Kier molecular flexibility index (Phi) is 3.86. The van der Waals surface area contributed by atoms with E-state index in [2.05, 4.69) is 11.9 Å². The summed E-state index contributed by atoms with van der Waals surface area (Å²) in [5.41, 5.74) is 1.08. The summed E-state index contributed by atoms with van der Waals surface area (Å²) < 4.78 is 13.0. The number of nitrogens with one attached hydrogen (secondary N) is 1. The van der Waals surface area contributed by atoms with Gasteiger partial charge in [-0.2, -0.15) is 0 Å². The molecular weight excluding hydrogens is 217 g/mol. The second kappa shape index (κ2) is 4.94. The highest BCUT2D eigenvalue weighted by molar-refractivity contribution is 6.30. The largest absolute Gasteiger partial charge is 0.348 e. The van der Waals surface area contributed by atoms with Gasteiger partial charge in [0.2, 0.25) is 0 Å². The van der Waals surface area contributed by atoms with E-state index >= 15 is 0 Å². The fourth-order valence-electron chi connectivity index (χ4n) is 0.971. The molecule has 0 aliphatic heterocycles. The molecule has 0 aliphatic rings. The highest BCUT2D eigenvalue weighted by Crippen LogP contribution is 2.15. The van der Waals surface area contributed by atoms with Gasteiger partial charge in [0.1, 0.15) is 5.82 Å². The average molecular weight is 228 g/mol. The smallest absolute Gasteiger partial charge is 0.251 e. The van der Waals surface area contributed by atoms with E-state index in [4.69, 9.17) is 11.6 Å². The number of halogens is 2. The van der Waals surface area contributed by atoms with Gasteiger partial charge in [-0.3, -0.25) is 4.79 Å². The summed E-state index contributed by atoms with van der Waals surface area (Å²) in [6.45, 7) is 5.81. The maximum Gasteiger partial charge on any atom is 0.251 e. The number of hydrogen-bond donors (Lipinski definition) is 1. The summed E-state index contributed by atoms with van der Waals surface area (Å²) in [5, 5.41) is 2.60. The van der Waals surface area contributed by atoms with Crippen LogP contribution in [0.25, 0.3) is 0 Å². The van der Waals surface area contributed by atoms with E-state index in [0.717, 1.165) is 11.6 Å². The lowest BCUT2D eigenvalue weighted by molar-refractivity contribution is 0.0956. The van der Waals surface area contributed by atoms with Gasteiger partial charge in [0.05, 0.1) is 5.02 Å². The molecule has 0 unspecified atom stereocenters. The number of rotatable bonds is 3. The molecule has 0 saturated carbocycles. The molecule has 0 aliphatic carbocycles. The zero-order chi connectivity index (χ0) is 11.4. The SMILES string of the molecule is C=C(C)CNC(=O)c1ccc(Cl)c(F)c1. The van der Waals surface area contributed by atoms with Crippen LogP contribution in [0.2, 0.25) is 5.02 Å². The Morgan fingerprint density at radius 1 is 1.60 bits per heavy atom. The molecule has 0 aromatic heterocycles. The van der Waals surface area contributed by atoms with Crippen LogP contribution in [0.1, 0.15) is 17.3 Å². The van der Waals surface area contributed by atoms with Gasteiger partial charge in [-0.15, -0.1) is 0 Å². The van der Waals surface area contributed by atoms with Crippen molar-refractivity contribution >= 4 is 17.5 Å². The highest BCUT2D eigenvalue weighted by Gasteiger charge is 2.07. The van der Waals surface area contributed by atoms with E-state index in [1.807, 2.05) is 0 Å². The quantitative estimate of drug-likeness (QED) is 0.791. The van der Waals surface area contributed by atoms with Crippen molar-refractivity contribution in [2.75, 3.05) is 6.54 Å². The van der Waals surface area contributed by atoms with Crippen molar-refractivity contribution in [3.8, 4) is 0 Å². The van der Waals surface area contributed by atoms with E-state index in [1.54, 1.807) is 6.92 Å². The van der Waals surface area contributed by atoms with Crippen molar-refractivity contribution in [1.29, 1.82) is 0 Å². The predicted octanol–water partition coefficient (Wildman–Crippen LogP) is 2.79. The van der Waals surface area contributed by atoms with Gasteiger partial charge in [-0.1, -0.05) is 23.8 Å². The molecule has 2 nitrogen and oxygen atoms in total. The standard InChI is InChI=1S/C11H11ClFNO/c1-7(2)6-14-11(15)8-3-4-9(12)10(13)5-8/h3-5H,1,6H2,2H3,(H,14,15). The molecule has 0 bridgehead atoms. The van der Waals surface area contributed by atoms with E-state index in [1.165, 1.54) is 12.1 Å². The first-order valence-electron chi connectivity index (χ1n) is 4.38. The van der Waals surface area contributed by atoms with Gasteiger partial charge in [0, 0.05) is 12.1 Å². The number of amides is 1. The average Bonchev–Trinajstić information content (AvgIpc) is 2.18. The minimum atomic E-state index is -0.598. The first-order chi connectivity index (χ1) is 7.00. The molecule has 0 fully saturated rings. The van der Waals surface area contributed by atoms with Crippen LogP contribution >= 0.6 is 11.6 Å². The molecule has 0 saturated heterocycles. The van der Waals surface area contributed by atoms with Crippen LogP contribution in [0, 0.1) is 5.82 Å². The first kappa shape index (κ1) is 11.7. The molecule has 1 aromatic rings. The Labute approximate surface area is 92.7 Å². The minimum absolute atomic E-state index is 0.00597. The van der Waals surface area contributed by atoms with Crippen LogP contribution in [0.3, 0.4) is 0 Å². The van der Waals surface area contributed by atoms with Crippen molar-refractivity contribution in [1.82, 2.24) is 5.32 Å². The van der Waals surface area contributed by atoms with E-state index in [0.29, 0.717) is 6.54 Å². The third kappa shape index (κ3) is 3.36. The van der Waals surface area contributed by atoms with Gasteiger partial charge in [0.25, 0.3) is 5.91 Å². The van der Waals surface area contributed by atoms with Crippen LogP contribution in [-0.4, -0.2) is 12.5 Å². The molecule has 0 spiro atoms. The Balaban J connectivity index is 2.74. The molecule has 0 heterocycles. The maximum absolute atomic E-state index is 13.0. The number of carbonyl (C=O) groups is 1. The van der Waals surface area contributed by atoms with E-state index in [-0.39, 0.29) is 16.5 Å². The maximum atomic E-state index is 13.0. The molecule has 0 radical (unpaired) electrons. The lowest BCUT2D eigenvalue weighted by Gasteiger charge is -2.04. The van der Waals surface area contributed by atoms with Gasteiger partial charge >= 0.3 is 0 Å². The fraction of sp³-hybridized carbons (Fsp3) is 0.182. The first-order valence-corrected chi connectivity index (χ1v) is 4.76. The van der Waals surface area contributed by atoms with E-state index in [9.17, 15) is 9.18 Å². The summed E-state index contributed by atoms with van der Waals surface area (Å²) in [7, 11) is 0. The summed E-state index contributed by atoms with van der Waals surface area (Å²) in [5.74, 6) is -0.937. The molecule has 0 atom stereocenters. The predicted molar refractivity (Wildman–Crippen MR) is 58.6 cm³/mol. The molecule has 15 heavy (non-hydrogen) atoms. The molecule has 1 N–H and O–H groups in total. The Bertz CT molecular complexity index is 404. The summed E-state index contributed by atoms with van der Waals surface area (Å²) >= 11 is 5.49. The van der Waals surface area contributed by atoms with Crippen molar-refractivity contribution in [2.45, 2.75) is 6.92 Å². The third-order valence-corrected chi connectivity index (χ3v) is 2.04. The number of benzene rings is 1. The van der Waals surface area contributed by atoms with Gasteiger partial charge in [-0.05, 0) is 25.1 Å². The van der Waals surface area contributed by atoms with Crippen LogP contribution < -0.4 is 5.32 Å². The fourth-order valence-corrected chi connectivity index (χ4v) is 1.09. The van der Waals surface area contributed by atoms with Crippen molar-refractivity contribution in [2.24, 2.45) is 0 Å². The zero-order valence-corrected chi connectivity index (χ0v) is 9.07. The second-order valence-electron chi connectivity index (χ2n) is 3.27. The van der Waals surface area contributed by atoms with Gasteiger partial charge in [-0.25, -0.2) is 4.39 Å². The number of carbonyl (C=O) groups excluding carboxylic acids is 1. The molecule has 1 rings (SSSR count). The molecule has 1 amide bonds. The van der Waals surface area contributed by atoms with Crippen LogP contribution in [0.5, 0.6) is 0 Å². The normalized spacial score (nSPS) is 9.80. The molecule has 1 aromatic carbocycles. The second-order valence-corrected chi connectivity index (χ2v) is 3.68. The van der Waals surface area contributed by atoms with Crippen molar-refractivity contribution < 1.29 is 9.18 Å². The van der Waals surface area contributed by atoms with Crippen LogP contribution in [0.15, 0.2) is 30.4 Å². The van der Waals surface area contributed by atoms with Crippen molar-refractivity contribution in [3.05, 3.63) is 46.8 Å². The zero-order valence-electron chi connectivity index (χ0n) is 8.31. The van der Waals surface area contributed by atoms with Crippen molar-refractivity contribution in [3.63, 3.8) is 0 Å². The minimum Gasteiger partial charge on any atom is -0.348 e.